The van der Waals surface area contributed by atoms with Gasteiger partial charge in [0.05, 0.1) is 0 Å². The molecule has 180 valence electrons. The molecule has 2 unspecified atom stereocenters. The second-order valence-corrected chi connectivity index (χ2v) is 5.94. The van der Waals surface area contributed by atoms with E-state index in [1.54, 1.807) is 6.92 Å². The molecular weight excluding hydrogens is 433 g/mol. The minimum Gasteiger partial charge on any atom is -0.477 e. The highest BCUT2D eigenvalue weighted by atomic mass is 19.4. The quantitative estimate of drug-likeness (QED) is 0.338. The van der Waals surface area contributed by atoms with E-state index in [0.29, 0.717) is 12.8 Å². The lowest BCUT2D eigenvalue weighted by molar-refractivity contribution is -0.208. The number of ketones is 1. The van der Waals surface area contributed by atoms with Gasteiger partial charge >= 0.3 is 29.8 Å². The van der Waals surface area contributed by atoms with Crippen LogP contribution < -0.4 is 0 Å². The Bertz CT molecular complexity index is 509. The molecular formula is C17H27F7O6. The highest BCUT2D eigenvalue weighted by molar-refractivity contribution is 5.91. The molecule has 0 fully saturated rings. The van der Waals surface area contributed by atoms with E-state index in [9.17, 15) is 45.1 Å². The van der Waals surface area contributed by atoms with Crippen molar-refractivity contribution in [2.45, 2.75) is 89.5 Å². The second kappa shape index (κ2) is 15.1. The molecule has 0 saturated carbocycles. The van der Waals surface area contributed by atoms with Crippen LogP contribution in [0.4, 0.5) is 30.7 Å². The van der Waals surface area contributed by atoms with Gasteiger partial charge in [0.2, 0.25) is 0 Å². The van der Waals surface area contributed by atoms with E-state index in [0.717, 1.165) is 12.7 Å². The lowest BCUT2D eigenvalue weighted by atomic mass is 10.0. The van der Waals surface area contributed by atoms with Gasteiger partial charge in [-0.25, -0.2) is 4.79 Å². The summed E-state index contributed by atoms with van der Waals surface area (Å²) in [5.41, 5.74) is 0. The van der Waals surface area contributed by atoms with E-state index >= 15 is 0 Å². The zero-order valence-electron chi connectivity index (χ0n) is 16.7. The number of aliphatic hydroxyl groups is 2. The van der Waals surface area contributed by atoms with E-state index in [-0.39, 0.29) is 12.8 Å². The summed E-state index contributed by atoms with van der Waals surface area (Å²) >= 11 is 0. The van der Waals surface area contributed by atoms with Crippen molar-refractivity contribution in [2.75, 3.05) is 0 Å². The summed E-state index contributed by atoms with van der Waals surface area (Å²) in [5.74, 6) is -14.3. The summed E-state index contributed by atoms with van der Waals surface area (Å²) in [7, 11) is 0. The lowest BCUT2D eigenvalue weighted by Crippen LogP contribution is -2.48. The predicted molar refractivity (Wildman–Crippen MR) is 91.4 cm³/mol. The van der Waals surface area contributed by atoms with Crippen LogP contribution in [-0.4, -0.2) is 63.6 Å². The first kappa shape index (κ1) is 32.9. The largest absolute Gasteiger partial charge is 0.477 e. The first-order chi connectivity index (χ1) is 13.5. The first-order valence-corrected chi connectivity index (χ1v) is 8.88. The number of aliphatic carboxylic acids is 1. The van der Waals surface area contributed by atoms with Crippen LogP contribution in [0.5, 0.6) is 0 Å². The molecule has 0 bridgehead atoms. The predicted octanol–water partition coefficient (Wildman–Crippen LogP) is 3.77. The number of carboxylic acid groups (broad SMARTS) is 1. The fourth-order valence-electron chi connectivity index (χ4n) is 1.51. The lowest BCUT2D eigenvalue weighted by Gasteiger charge is -2.21. The maximum Gasteiger partial charge on any atom is 0.456 e. The summed E-state index contributed by atoms with van der Waals surface area (Å²) in [6, 6.07) is 0. The Kier molecular flexibility index (Phi) is 16.6. The molecule has 3 N–H and O–H groups in total. The number of alkyl halides is 7. The Morgan fingerprint density at radius 3 is 1.37 bits per heavy atom. The van der Waals surface area contributed by atoms with Gasteiger partial charge in [-0.1, -0.05) is 33.6 Å². The van der Waals surface area contributed by atoms with E-state index in [2.05, 4.69) is 0 Å². The number of carbonyl (C=O) groups excluding carboxylic acids is 2. The molecule has 0 rings (SSSR count). The molecule has 0 aromatic rings. The van der Waals surface area contributed by atoms with Gasteiger partial charge in [0.1, 0.15) is 18.5 Å². The van der Waals surface area contributed by atoms with Gasteiger partial charge < -0.3 is 20.1 Å². The second-order valence-electron chi connectivity index (χ2n) is 5.94. The number of hydrogen-bond acceptors (Lipinski definition) is 5. The number of rotatable bonds is 10. The number of Topliss-reactive ketones (excluding diaryl/α,β-unsaturated/α-hetero) is 1. The molecule has 0 aliphatic heterocycles. The van der Waals surface area contributed by atoms with Crippen LogP contribution in [-0.2, 0) is 14.4 Å². The average Bonchev–Trinajstić information content (AvgIpc) is 2.62. The van der Waals surface area contributed by atoms with Crippen molar-refractivity contribution >= 4 is 18.0 Å². The van der Waals surface area contributed by atoms with E-state index in [4.69, 9.17) is 15.3 Å². The zero-order valence-corrected chi connectivity index (χ0v) is 16.7. The molecule has 0 spiro atoms. The van der Waals surface area contributed by atoms with Crippen LogP contribution in [0.15, 0.2) is 0 Å². The molecule has 6 nitrogen and oxygen atoms in total. The van der Waals surface area contributed by atoms with E-state index in [1.807, 2.05) is 6.92 Å². The third-order valence-electron chi connectivity index (χ3n) is 3.21. The molecule has 13 heteroatoms. The molecule has 0 aliphatic carbocycles. The van der Waals surface area contributed by atoms with Gasteiger partial charge in [0.15, 0.2) is 0 Å². The maximum atomic E-state index is 12.6. The molecule has 30 heavy (non-hydrogen) atoms. The van der Waals surface area contributed by atoms with Gasteiger partial charge in [-0.15, -0.1) is 0 Å². The fraction of sp³-hybridized carbons (Fsp3) is 0.824. The van der Waals surface area contributed by atoms with Crippen LogP contribution in [0, 0.1) is 0 Å². The van der Waals surface area contributed by atoms with Crippen molar-refractivity contribution in [3.8, 4) is 0 Å². The normalized spacial score (nSPS) is 13.7. The highest BCUT2D eigenvalue weighted by Gasteiger charge is 2.58. The summed E-state index contributed by atoms with van der Waals surface area (Å²) in [6.07, 6.45) is -8.06. The van der Waals surface area contributed by atoms with Crippen LogP contribution in [0.2, 0.25) is 0 Å². The Labute approximate surface area is 169 Å². The van der Waals surface area contributed by atoms with Crippen LogP contribution in [0.25, 0.3) is 0 Å². The molecule has 0 heterocycles. The molecule has 0 aromatic heterocycles. The zero-order chi connectivity index (χ0) is 24.8. The number of halogens is 7. The number of hydrogen-bond donors (Lipinski definition) is 3. The number of unbranched alkanes of at least 4 members (excludes halogenated alkanes) is 1. The van der Waals surface area contributed by atoms with E-state index < -0.39 is 48.4 Å². The molecule has 0 amide bonds. The SMILES string of the molecule is CCCC(O)C(F)(F)C(=O)C(F)(F)F.CCCC(O)C(F)(F)C(=O)O.CCCC=O. The summed E-state index contributed by atoms with van der Waals surface area (Å²) in [6.45, 7) is 4.97. The summed E-state index contributed by atoms with van der Waals surface area (Å²) < 4.78 is 84.5. The topological polar surface area (TPSA) is 112 Å². The summed E-state index contributed by atoms with van der Waals surface area (Å²) in [5, 5.41) is 25.2. The van der Waals surface area contributed by atoms with Crippen molar-refractivity contribution in [1.29, 1.82) is 0 Å². The third-order valence-corrected chi connectivity index (χ3v) is 3.21. The van der Waals surface area contributed by atoms with Crippen molar-refractivity contribution < 1.29 is 60.4 Å². The Balaban J connectivity index is -0.000000405. The van der Waals surface area contributed by atoms with Crippen LogP contribution in [0.3, 0.4) is 0 Å². The highest BCUT2D eigenvalue weighted by Crippen LogP contribution is 2.31. The average molecular weight is 460 g/mol. The molecule has 0 radical (unpaired) electrons. The molecule has 0 aromatic carbocycles. The minimum absolute atomic E-state index is 0.0574. The van der Waals surface area contributed by atoms with Crippen molar-refractivity contribution in [2.24, 2.45) is 0 Å². The van der Waals surface area contributed by atoms with Gasteiger partial charge in [0.25, 0.3) is 0 Å². The van der Waals surface area contributed by atoms with Crippen molar-refractivity contribution in [3.05, 3.63) is 0 Å². The molecule has 0 saturated heterocycles. The number of carbonyl (C=O) groups is 3. The van der Waals surface area contributed by atoms with Gasteiger partial charge in [-0.2, -0.15) is 30.7 Å². The Morgan fingerprint density at radius 2 is 1.17 bits per heavy atom. The first-order valence-electron chi connectivity index (χ1n) is 8.88. The van der Waals surface area contributed by atoms with Crippen LogP contribution in [0.1, 0.15) is 59.3 Å². The van der Waals surface area contributed by atoms with Crippen molar-refractivity contribution in [1.82, 2.24) is 0 Å². The third kappa shape index (κ3) is 12.7. The van der Waals surface area contributed by atoms with E-state index in [1.165, 1.54) is 6.92 Å². The monoisotopic (exact) mass is 460 g/mol. The number of aldehydes is 1. The Morgan fingerprint density at radius 1 is 0.800 bits per heavy atom. The van der Waals surface area contributed by atoms with Crippen molar-refractivity contribution in [3.63, 3.8) is 0 Å². The summed E-state index contributed by atoms with van der Waals surface area (Å²) in [4.78, 5) is 29.4. The molecule has 2 atom stereocenters. The number of carboxylic acids is 1. The van der Waals surface area contributed by atoms with Gasteiger partial charge in [0, 0.05) is 6.42 Å². The smallest absolute Gasteiger partial charge is 0.456 e. The van der Waals surface area contributed by atoms with Crippen LogP contribution >= 0.6 is 0 Å². The minimum atomic E-state index is -5.63. The van der Waals surface area contributed by atoms with Gasteiger partial charge in [-0.3, -0.25) is 4.79 Å². The standard InChI is InChI=1S/C7H9F5O2.C6H10F2O3.C4H8O/c1-2-3-4(13)6(8,9)5(14)7(10,11)12;1-2-3-4(9)6(7,8)5(10)11;1-2-3-4-5/h4,13H,2-3H2,1H3;4,9H,2-3H2,1H3,(H,10,11);4H,2-3H2,1H3. The maximum absolute atomic E-state index is 12.6. The Hall–Kier alpha value is -1.76. The van der Waals surface area contributed by atoms with Gasteiger partial charge in [-0.05, 0) is 19.3 Å². The molecule has 0 aliphatic rings. The fourth-order valence-corrected chi connectivity index (χ4v) is 1.51. The number of aliphatic hydroxyl groups excluding tert-OH is 2.